The molecule has 0 aromatic heterocycles. The summed E-state index contributed by atoms with van der Waals surface area (Å²) < 4.78 is 0. The molecule has 0 radical (unpaired) electrons. The lowest BCUT2D eigenvalue weighted by Gasteiger charge is -1.97. The van der Waals surface area contributed by atoms with Crippen molar-refractivity contribution in [3.8, 4) is 0 Å². The molecular formula is C6H9N3O3. The molecule has 3 amide bonds. The van der Waals surface area contributed by atoms with E-state index in [1.54, 1.807) is 0 Å². The monoisotopic (exact) mass is 171 g/mol. The van der Waals surface area contributed by atoms with Gasteiger partial charge >= 0.3 is 0 Å². The Bertz CT molecular complexity index is 257. The fraction of sp³-hybridized carbons (Fsp3) is 0.167. The van der Waals surface area contributed by atoms with E-state index in [2.05, 4.69) is 0 Å². The molecular weight excluding hydrogens is 162 g/mol. The van der Waals surface area contributed by atoms with Crippen molar-refractivity contribution in [3.05, 3.63) is 11.6 Å². The normalized spacial score (nSPS) is 10.8. The third-order valence-electron chi connectivity index (χ3n) is 0.998. The fourth-order valence-electron chi connectivity index (χ4n) is 0.569. The van der Waals surface area contributed by atoms with Gasteiger partial charge in [-0.3, -0.25) is 14.4 Å². The van der Waals surface area contributed by atoms with E-state index in [4.69, 9.17) is 17.2 Å². The van der Waals surface area contributed by atoms with Gasteiger partial charge in [0.25, 0.3) is 0 Å². The SMILES string of the molecule is NC(=O)C=C(CC(N)=O)C(N)=O. The van der Waals surface area contributed by atoms with Crippen LogP contribution in [-0.4, -0.2) is 17.7 Å². The Hall–Kier alpha value is -1.85. The molecule has 0 heterocycles. The molecule has 0 saturated heterocycles. The average molecular weight is 171 g/mol. The minimum atomic E-state index is -0.882. The first-order chi connectivity index (χ1) is 5.43. The molecule has 0 saturated carbocycles. The largest absolute Gasteiger partial charge is 0.369 e. The third-order valence-corrected chi connectivity index (χ3v) is 0.998. The molecule has 0 aromatic rings. The van der Waals surface area contributed by atoms with Crippen molar-refractivity contribution in [2.75, 3.05) is 0 Å². The topological polar surface area (TPSA) is 129 Å². The Balaban J connectivity index is 4.55. The number of amides is 3. The molecule has 0 spiro atoms. The van der Waals surface area contributed by atoms with Gasteiger partial charge in [-0.2, -0.15) is 0 Å². The van der Waals surface area contributed by atoms with E-state index >= 15 is 0 Å². The van der Waals surface area contributed by atoms with Gasteiger partial charge < -0.3 is 17.2 Å². The van der Waals surface area contributed by atoms with Crippen LogP contribution in [-0.2, 0) is 14.4 Å². The molecule has 6 N–H and O–H groups in total. The zero-order valence-corrected chi connectivity index (χ0v) is 6.24. The summed E-state index contributed by atoms with van der Waals surface area (Å²) in [6.07, 6.45) is 0.408. The highest BCUT2D eigenvalue weighted by molar-refractivity contribution is 6.02. The van der Waals surface area contributed by atoms with Crippen LogP contribution in [0.15, 0.2) is 11.6 Å². The second kappa shape index (κ2) is 4.12. The summed E-state index contributed by atoms with van der Waals surface area (Å²) >= 11 is 0. The lowest BCUT2D eigenvalue weighted by Crippen LogP contribution is -2.22. The van der Waals surface area contributed by atoms with Gasteiger partial charge in [-0.15, -0.1) is 0 Å². The van der Waals surface area contributed by atoms with Crippen molar-refractivity contribution >= 4 is 17.7 Å². The average Bonchev–Trinajstić information content (AvgIpc) is 1.83. The summed E-state index contributed by atoms with van der Waals surface area (Å²) in [6.45, 7) is 0. The zero-order chi connectivity index (χ0) is 9.72. The first kappa shape index (κ1) is 10.2. The lowest BCUT2D eigenvalue weighted by atomic mass is 10.1. The van der Waals surface area contributed by atoms with Crippen molar-refractivity contribution in [1.82, 2.24) is 0 Å². The predicted molar refractivity (Wildman–Crippen MR) is 40.3 cm³/mol. The maximum Gasteiger partial charge on any atom is 0.245 e. The van der Waals surface area contributed by atoms with E-state index in [0.29, 0.717) is 0 Å². The van der Waals surface area contributed by atoms with Gasteiger partial charge in [0.2, 0.25) is 17.7 Å². The van der Waals surface area contributed by atoms with Crippen LogP contribution in [0.25, 0.3) is 0 Å². The van der Waals surface area contributed by atoms with Crippen molar-refractivity contribution < 1.29 is 14.4 Å². The molecule has 66 valence electrons. The molecule has 6 heteroatoms. The van der Waals surface area contributed by atoms with Gasteiger partial charge in [-0.1, -0.05) is 0 Å². The highest BCUT2D eigenvalue weighted by Crippen LogP contribution is 1.98. The molecule has 0 aliphatic carbocycles. The van der Waals surface area contributed by atoms with E-state index in [9.17, 15) is 14.4 Å². The van der Waals surface area contributed by atoms with E-state index in [1.165, 1.54) is 0 Å². The van der Waals surface area contributed by atoms with Crippen LogP contribution in [0.4, 0.5) is 0 Å². The van der Waals surface area contributed by atoms with Gasteiger partial charge in [0.15, 0.2) is 0 Å². The highest BCUT2D eigenvalue weighted by Gasteiger charge is 2.09. The van der Waals surface area contributed by atoms with Crippen LogP contribution in [0.1, 0.15) is 6.42 Å². The van der Waals surface area contributed by atoms with Crippen molar-refractivity contribution in [2.24, 2.45) is 17.2 Å². The first-order valence-electron chi connectivity index (χ1n) is 3.01. The number of rotatable bonds is 4. The standard InChI is InChI=1S/C6H9N3O3/c7-4(10)1-3(6(9)12)2-5(8)11/h1H,2H2,(H2,7,10)(H2,8,11)(H2,9,12). The summed E-state index contributed by atoms with van der Waals surface area (Å²) in [5.74, 6) is -2.47. The van der Waals surface area contributed by atoms with Crippen LogP contribution in [0.5, 0.6) is 0 Å². The number of primary amides is 3. The number of hydrogen-bond acceptors (Lipinski definition) is 3. The van der Waals surface area contributed by atoms with Gasteiger partial charge in [0.1, 0.15) is 0 Å². The summed E-state index contributed by atoms with van der Waals surface area (Å²) in [4.78, 5) is 31.1. The Morgan fingerprint density at radius 2 is 1.58 bits per heavy atom. The van der Waals surface area contributed by atoms with E-state index in [-0.39, 0.29) is 12.0 Å². The van der Waals surface area contributed by atoms with E-state index in [0.717, 1.165) is 6.08 Å². The quantitative estimate of drug-likeness (QED) is 0.413. The van der Waals surface area contributed by atoms with Crippen molar-refractivity contribution in [3.63, 3.8) is 0 Å². The number of hydrogen-bond donors (Lipinski definition) is 3. The van der Waals surface area contributed by atoms with E-state index in [1.807, 2.05) is 0 Å². The summed E-state index contributed by atoms with van der Waals surface area (Å²) in [7, 11) is 0. The molecule has 0 atom stereocenters. The lowest BCUT2D eigenvalue weighted by molar-refractivity contribution is -0.120. The molecule has 0 unspecified atom stereocenters. The van der Waals surface area contributed by atoms with Crippen LogP contribution >= 0.6 is 0 Å². The Kier molecular flexibility index (Phi) is 3.48. The maximum absolute atomic E-state index is 10.5. The second-order valence-corrected chi connectivity index (χ2v) is 2.08. The number of carbonyl (C=O) groups excluding carboxylic acids is 3. The molecule has 0 aliphatic heterocycles. The first-order valence-corrected chi connectivity index (χ1v) is 3.01. The maximum atomic E-state index is 10.5. The smallest absolute Gasteiger partial charge is 0.245 e. The van der Waals surface area contributed by atoms with Crippen LogP contribution in [0.2, 0.25) is 0 Å². The molecule has 12 heavy (non-hydrogen) atoms. The van der Waals surface area contributed by atoms with Gasteiger partial charge in [0.05, 0.1) is 6.42 Å². The highest BCUT2D eigenvalue weighted by atomic mass is 16.2. The fourth-order valence-corrected chi connectivity index (χ4v) is 0.569. The summed E-state index contributed by atoms with van der Waals surface area (Å²) in [5.41, 5.74) is 14.1. The van der Waals surface area contributed by atoms with Crippen LogP contribution < -0.4 is 17.2 Å². The van der Waals surface area contributed by atoms with Crippen LogP contribution in [0.3, 0.4) is 0 Å². The molecule has 0 bridgehead atoms. The van der Waals surface area contributed by atoms with Gasteiger partial charge in [0, 0.05) is 11.6 Å². The van der Waals surface area contributed by atoms with Crippen molar-refractivity contribution in [1.29, 1.82) is 0 Å². The minimum Gasteiger partial charge on any atom is -0.369 e. The minimum absolute atomic E-state index is 0.185. The van der Waals surface area contributed by atoms with Crippen LogP contribution in [0, 0.1) is 0 Å². The summed E-state index contributed by atoms with van der Waals surface area (Å²) in [6, 6.07) is 0. The molecule has 0 aromatic carbocycles. The molecule has 0 aliphatic rings. The summed E-state index contributed by atoms with van der Waals surface area (Å²) in [5, 5.41) is 0. The molecule has 6 nitrogen and oxygen atoms in total. The Labute approximate surface area is 68.4 Å². The number of nitrogens with two attached hydrogens (primary N) is 3. The second-order valence-electron chi connectivity index (χ2n) is 2.08. The third kappa shape index (κ3) is 4.04. The van der Waals surface area contributed by atoms with Gasteiger partial charge in [-0.25, -0.2) is 0 Å². The van der Waals surface area contributed by atoms with Gasteiger partial charge in [-0.05, 0) is 0 Å². The Morgan fingerprint density at radius 1 is 1.08 bits per heavy atom. The number of carbonyl (C=O) groups is 3. The predicted octanol–water partition coefficient (Wildman–Crippen LogP) is -2.24. The molecule has 0 rings (SSSR count). The van der Waals surface area contributed by atoms with Crippen molar-refractivity contribution in [2.45, 2.75) is 6.42 Å². The van der Waals surface area contributed by atoms with E-state index < -0.39 is 17.7 Å². The molecule has 0 fully saturated rings. The Morgan fingerprint density at radius 3 is 1.83 bits per heavy atom. The zero-order valence-electron chi connectivity index (χ0n) is 6.24.